The maximum Gasteiger partial charge on any atom is 0.251 e. The number of H-pyrrole nitrogens is 1. The second-order valence-electron chi connectivity index (χ2n) is 3.07. The van der Waals surface area contributed by atoms with E-state index in [1.54, 1.807) is 17.0 Å². The molecule has 2 unspecified atom stereocenters. The number of rotatable bonds is 3. The lowest BCUT2D eigenvalue weighted by Crippen LogP contribution is -2.20. The van der Waals surface area contributed by atoms with Crippen LogP contribution in [0.5, 0.6) is 0 Å². The zero-order chi connectivity index (χ0) is 10.7. The molecule has 1 heterocycles. The Morgan fingerprint density at radius 1 is 1.71 bits per heavy atom. The standard InChI is InChI=1S/C8H12N2O2S2/c1-6(14(2)12)5-10-4-3-7(11)9-8(10)13/h3-4,6H,5H2,1-2H3,(H,9,11,13). The van der Waals surface area contributed by atoms with Gasteiger partial charge in [-0.1, -0.05) is 0 Å². The minimum atomic E-state index is -0.884. The lowest BCUT2D eigenvalue weighted by Gasteiger charge is -2.10. The van der Waals surface area contributed by atoms with Gasteiger partial charge in [0.25, 0.3) is 5.56 Å². The number of hydrogen-bond acceptors (Lipinski definition) is 3. The fourth-order valence-electron chi connectivity index (χ4n) is 0.970. The normalized spacial score (nSPS) is 15.0. The lowest BCUT2D eigenvalue weighted by molar-refractivity contribution is 0.628. The van der Waals surface area contributed by atoms with Crippen LogP contribution >= 0.6 is 12.2 Å². The van der Waals surface area contributed by atoms with Crippen LogP contribution in [0, 0.1) is 4.77 Å². The summed E-state index contributed by atoms with van der Waals surface area (Å²) in [7, 11) is -0.884. The van der Waals surface area contributed by atoms with Gasteiger partial charge in [0, 0.05) is 41.1 Å². The number of hydrogen-bond donors (Lipinski definition) is 1. The molecule has 0 saturated carbocycles. The quantitative estimate of drug-likeness (QED) is 0.779. The van der Waals surface area contributed by atoms with Crippen LogP contribution in [0.1, 0.15) is 6.92 Å². The molecule has 0 spiro atoms. The van der Waals surface area contributed by atoms with Gasteiger partial charge >= 0.3 is 0 Å². The average Bonchev–Trinajstić information content (AvgIpc) is 2.09. The predicted molar refractivity (Wildman–Crippen MR) is 59.4 cm³/mol. The molecule has 0 amide bonds. The van der Waals surface area contributed by atoms with Gasteiger partial charge in [-0.05, 0) is 19.1 Å². The molecular formula is C8H12N2O2S2. The molecule has 0 bridgehead atoms. The van der Waals surface area contributed by atoms with Crippen LogP contribution in [0.3, 0.4) is 0 Å². The number of aromatic nitrogens is 2. The summed E-state index contributed by atoms with van der Waals surface area (Å²) in [6.45, 7) is 2.43. The van der Waals surface area contributed by atoms with Gasteiger partial charge < -0.3 is 4.57 Å². The Bertz CT molecular complexity index is 449. The van der Waals surface area contributed by atoms with Crippen molar-refractivity contribution in [2.75, 3.05) is 6.26 Å². The number of nitrogens with one attached hydrogen (secondary N) is 1. The summed E-state index contributed by atoms with van der Waals surface area (Å²) >= 11 is 4.95. The smallest absolute Gasteiger partial charge is 0.251 e. The van der Waals surface area contributed by atoms with E-state index in [0.717, 1.165) is 0 Å². The first-order chi connectivity index (χ1) is 6.50. The monoisotopic (exact) mass is 232 g/mol. The minimum absolute atomic E-state index is 0.0209. The molecule has 1 aromatic rings. The second kappa shape index (κ2) is 4.65. The van der Waals surface area contributed by atoms with Gasteiger partial charge in [-0.25, -0.2) is 0 Å². The van der Waals surface area contributed by atoms with Crippen LogP contribution in [0.4, 0.5) is 0 Å². The summed E-state index contributed by atoms with van der Waals surface area (Å²) in [5.41, 5.74) is -0.212. The zero-order valence-electron chi connectivity index (χ0n) is 8.02. The molecule has 0 fully saturated rings. The van der Waals surface area contributed by atoms with Gasteiger partial charge in [0.15, 0.2) is 4.77 Å². The first-order valence-corrected chi connectivity index (χ1v) is 6.15. The Hall–Kier alpha value is -0.750. The summed E-state index contributed by atoms with van der Waals surface area (Å²) in [6, 6.07) is 1.40. The van der Waals surface area contributed by atoms with E-state index in [2.05, 4.69) is 4.98 Å². The third kappa shape index (κ3) is 2.88. The Morgan fingerprint density at radius 3 is 2.86 bits per heavy atom. The molecule has 0 saturated heterocycles. The van der Waals surface area contributed by atoms with Crippen molar-refractivity contribution in [1.82, 2.24) is 9.55 Å². The molecule has 1 rings (SSSR count). The second-order valence-corrected chi connectivity index (χ2v) is 5.26. The minimum Gasteiger partial charge on any atom is -0.324 e. The van der Waals surface area contributed by atoms with Gasteiger partial charge in [0.05, 0.1) is 0 Å². The average molecular weight is 232 g/mol. The molecule has 0 aliphatic carbocycles. The van der Waals surface area contributed by atoms with Crippen molar-refractivity contribution in [1.29, 1.82) is 0 Å². The maximum atomic E-state index is 11.1. The highest BCUT2D eigenvalue weighted by atomic mass is 32.2. The molecule has 6 heteroatoms. The molecule has 78 valence electrons. The van der Waals surface area contributed by atoms with E-state index >= 15 is 0 Å². The molecule has 0 aliphatic heterocycles. The summed E-state index contributed by atoms with van der Waals surface area (Å²) < 4.78 is 13.2. The molecular weight excluding hydrogens is 220 g/mol. The van der Waals surface area contributed by atoms with Crippen molar-refractivity contribution in [3.8, 4) is 0 Å². The van der Waals surface area contributed by atoms with E-state index in [1.807, 2.05) is 6.92 Å². The Kier molecular flexibility index (Phi) is 3.77. The van der Waals surface area contributed by atoms with Crippen LogP contribution in [-0.2, 0) is 17.3 Å². The largest absolute Gasteiger partial charge is 0.324 e. The maximum absolute atomic E-state index is 11.1. The van der Waals surface area contributed by atoms with E-state index in [4.69, 9.17) is 12.2 Å². The molecule has 0 radical (unpaired) electrons. The molecule has 14 heavy (non-hydrogen) atoms. The number of aromatic amines is 1. The summed E-state index contributed by atoms with van der Waals surface area (Å²) in [5, 5.41) is 0.0209. The molecule has 1 N–H and O–H groups in total. The topological polar surface area (TPSA) is 54.9 Å². The van der Waals surface area contributed by atoms with Crippen molar-refractivity contribution >= 4 is 23.0 Å². The van der Waals surface area contributed by atoms with Crippen LogP contribution < -0.4 is 5.56 Å². The van der Waals surface area contributed by atoms with Crippen molar-refractivity contribution in [3.05, 3.63) is 27.4 Å². The van der Waals surface area contributed by atoms with Gasteiger partial charge in [-0.2, -0.15) is 0 Å². The summed E-state index contributed by atoms with van der Waals surface area (Å²) in [4.78, 5) is 13.4. The fourth-order valence-corrected chi connectivity index (χ4v) is 1.58. The van der Waals surface area contributed by atoms with E-state index in [9.17, 15) is 9.00 Å². The third-order valence-electron chi connectivity index (χ3n) is 1.92. The van der Waals surface area contributed by atoms with Crippen LogP contribution in [0.15, 0.2) is 17.1 Å². The van der Waals surface area contributed by atoms with E-state index in [1.165, 1.54) is 6.07 Å². The van der Waals surface area contributed by atoms with Crippen molar-refractivity contribution in [2.24, 2.45) is 0 Å². The van der Waals surface area contributed by atoms with Crippen molar-refractivity contribution < 1.29 is 4.21 Å². The van der Waals surface area contributed by atoms with Crippen molar-refractivity contribution in [2.45, 2.75) is 18.7 Å². The Labute approximate surface area is 89.4 Å². The number of nitrogens with zero attached hydrogens (tertiary/aromatic N) is 1. The van der Waals surface area contributed by atoms with E-state index in [0.29, 0.717) is 11.3 Å². The van der Waals surface area contributed by atoms with Crippen LogP contribution in [0.2, 0.25) is 0 Å². The molecule has 4 nitrogen and oxygen atoms in total. The van der Waals surface area contributed by atoms with Crippen LogP contribution in [0.25, 0.3) is 0 Å². The van der Waals surface area contributed by atoms with Crippen LogP contribution in [-0.4, -0.2) is 25.3 Å². The third-order valence-corrected chi connectivity index (χ3v) is 3.54. The highest BCUT2D eigenvalue weighted by molar-refractivity contribution is 7.84. The van der Waals surface area contributed by atoms with Crippen molar-refractivity contribution in [3.63, 3.8) is 0 Å². The molecule has 0 aliphatic rings. The van der Waals surface area contributed by atoms with E-state index < -0.39 is 10.8 Å². The summed E-state index contributed by atoms with van der Waals surface area (Å²) in [5.74, 6) is 0. The fraction of sp³-hybridized carbons (Fsp3) is 0.500. The highest BCUT2D eigenvalue weighted by Gasteiger charge is 2.06. The zero-order valence-corrected chi connectivity index (χ0v) is 9.65. The SMILES string of the molecule is CC(Cn1ccc(=O)[nH]c1=S)S(C)=O. The summed E-state index contributed by atoms with van der Waals surface area (Å²) in [6.07, 6.45) is 3.27. The van der Waals surface area contributed by atoms with Gasteiger partial charge in [-0.15, -0.1) is 0 Å². The highest BCUT2D eigenvalue weighted by Crippen LogP contribution is 1.98. The van der Waals surface area contributed by atoms with Gasteiger partial charge in [0.1, 0.15) is 0 Å². The molecule has 0 aromatic carbocycles. The Balaban J connectivity index is 2.93. The predicted octanol–water partition coefficient (Wildman–Crippen LogP) is 0.673. The first-order valence-electron chi connectivity index (χ1n) is 4.12. The van der Waals surface area contributed by atoms with E-state index in [-0.39, 0.29) is 10.8 Å². The van der Waals surface area contributed by atoms with Gasteiger partial charge in [0.2, 0.25) is 0 Å². The molecule has 2 atom stereocenters. The Morgan fingerprint density at radius 2 is 2.36 bits per heavy atom. The first kappa shape index (κ1) is 11.3. The van der Waals surface area contributed by atoms with Gasteiger partial charge in [-0.3, -0.25) is 14.0 Å². The lowest BCUT2D eigenvalue weighted by atomic mass is 10.4. The molecule has 1 aromatic heterocycles.